The van der Waals surface area contributed by atoms with Crippen LogP contribution in [0, 0.1) is 0 Å². The lowest BCUT2D eigenvalue weighted by Crippen LogP contribution is -2.72. The number of nitrogens with one attached hydrogen (secondary N) is 3. The van der Waals surface area contributed by atoms with Gasteiger partial charge in [0.2, 0.25) is 17.7 Å². The van der Waals surface area contributed by atoms with E-state index in [0.717, 1.165) is 71.6 Å². The summed E-state index contributed by atoms with van der Waals surface area (Å²) in [5.74, 6) is -7.70. The Balaban J connectivity index is 1.32. The van der Waals surface area contributed by atoms with Crippen LogP contribution in [0.1, 0.15) is 265 Å². The first-order valence-electron chi connectivity index (χ1n) is 43.1. The number of carbonyl (C=O) groups is 4. The normalized spacial score (nSPS) is 33.0. The lowest BCUT2D eigenvalue weighted by Gasteiger charge is -2.52. The van der Waals surface area contributed by atoms with Crippen molar-refractivity contribution in [1.29, 1.82) is 0 Å². The number of hydrogen-bond donors (Lipinski definition) is 20. The van der Waals surface area contributed by atoms with Gasteiger partial charge in [-0.3, -0.25) is 14.4 Å². The number of carboxylic acids is 1. The lowest BCUT2D eigenvalue weighted by molar-refractivity contribution is -0.403. The number of carbonyl (C=O) groups excluding carboxylic acids is 3. The van der Waals surface area contributed by atoms with Crippen LogP contribution in [0.4, 0.5) is 0 Å². The third kappa shape index (κ3) is 33.7. The SMILES string of the molecule is CCCCCCCCCCCCCC=CC(O)C(COC1OC(CO)C(OC2OC(CO)C(OC3OC(CO)C(O)C(OC4OC(CO)C(O)C(O)C4O)C3NC(C)=O)C(OC3(C(=O)O)CC(O)C(NC(C)=O)C(C(O)C(O)CO)O3)C2O)C(O)C1O)NC(=O)CCCCCCCCCCCCCCCCCCCCCCCCC. The minimum Gasteiger partial charge on any atom is -0.477 e. The molecule has 115 heavy (non-hydrogen) atoms. The molecule has 5 saturated heterocycles. The first-order chi connectivity index (χ1) is 55.3. The Labute approximate surface area is 678 Å². The third-order valence-corrected chi connectivity index (χ3v) is 22.6. The molecule has 5 fully saturated rings. The minimum absolute atomic E-state index is 0.136. The summed E-state index contributed by atoms with van der Waals surface area (Å²) in [5, 5.41) is 197. The molecule has 3 amide bonds. The molecule has 0 aromatic heterocycles. The van der Waals surface area contributed by atoms with Crippen molar-refractivity contribution in [1.82, 2.24) is 16.0 Å². The van der Waals surface area contributed by atoms with E-state index in [1.165, 1.54) is 154 Å². The van der Waals surface area contributed by atoms with E-state index in [-0.39, 0.29) is 12.3 Å². The van der Waals surface area contributed by atoms with Crippen LogP contribution < -0.4 is 16.0 Å². The van der Waals surface area contributed by atoms with Crippen LogP contribution in [-0.2, 0) is 66.5 Å². The first-order valence-corrected chi connectivity index (χ1v) is 43.1. The van der Waals surface area contributed by atoms with Gasteiger partial charge >= 0.3 is 5.97 Å². The summed E-state index contributed by atoms with van der Waals surface area (Å²) in [6, 6.07) is -4.81. The smallest absolute Gasteiger partial charge is 0.364 e. The van der Waals surface area contributed by atoms with Crippen LogP contribution >= 0.6 is 0 Å². The zero-order chi connectivity index (χ0) is 84.4. The van der Waals surface area contributed by atoms with Crippen LogP contribution in [0.5, 0.6) is 0 Å². The molecule has 0 saturated carbocycles. The number of carboxylic acid groups (broad SMARTS) is 1. The largest absolute Gasteiger partial charge is 0.477 e. The Kier molecular flexibility index (Phi) is 50.0. The number of allylic oxidation sites excluding steroid dienone is 1. The van der Waals surface area contributed by atoms with E-state index in [1.807, 2.05) is 6.08 Å². The summed E-state index contributed by atoms with van der Waals surface area (Å²) < 4.78 is 60.2. The Morgan fingerprint density at radius 1 is 0.452 bits per heavy atom. The molecule has 28 atom stereocenters. The Hall–Kier alpha value is -3.42. The second-order valence-electron chi connectivity index (χ2n) is 32.1. The van der Waals surface area contributed by atoms with Gasteiger partial charge in [0.05, 0.1) is 63.9 Å². The van der Waals surface area contributed by atoms with Crippen LogP contribution in [0.25, 0.3) is 0 Å². The lowest BCUT2D eigenvalue weighted by atomic mass is 9.88. The van der Waals surface area contributed by atoms with Gasteiger partial charge < -0.3 is 150 Å². The molecule has 28 unspecified atom stereocenters. The molecular weight excluding hydrogens is 1510 g/mol. The van der Waals surface area contributed by atoms with E-state index in [1.54, 1.807) is 6.08 Å². The van der Waals surface area contributed by atoms with Crippen LogP contribution in [-0.4, -0.2) is 321 Å². The van der Waals surface area contributed by atoms with Crippen molar-refractivity contribution < 1.29 is 153 Å². The number of aliphatic carboxylic acids is 1. The Bertz CT molecular complexity index is 2650. The molecule has 34 nitrogen and oxygen atoms in total. The number of hydrogen-bond acceptors (Lipinski definition) is 30. The van der Waals surface area contributed by atoms with E-state index in [2.05, 4.69) is 29.8 Å². The predicted octanol–water partition coefficient (Wildman–Crippen LogP) is 2.08. The monoisotopic (exact) mass is 1660 g/mol. The van der Waals surface area contributed by atoms with Crippen LogP contribution in [0.2, 0.25) is 0 Å². The zero-order valence-corrected chi connectivity index (χ0v) is 68.5. The standard InChI is InChI=1S/C81H147N3O31/c1-5-7-9-11-13-15-17-19-20-21-22-23-24-25-26-27-28-30-32-34-36-38-40-42-60(95)84-52(53(92)41-39-37-35-33-31-29-18-16-14-12-10-8-6-2)49-106-77-69(102)67(100)71(58(47-88)109-77)111-79-70(103)75(115-81(80(104)105)43-54(93)61(82-50(3)90)74(114-81)63(96)55(94)44-85)72(59(48-89)110-79)112-76-62(83-51(4)91)73(65(98)57(46-87)107-76)113-78-68(101)66(99)64(97)56(45-86)108-78/h39,41,52-59,61-79,85-89,92-94,96-103H,5-38,40,42-49H2,1-4H3,(H,82,90)(H,83,91)(H,84,95)(H,104,105). The zero-order valence-electron chi connectivity index (χ0n) is 68.5. The average Bonchev–Trinajstić information content (AvgIpc) is 0.746. The number of amides is 3. The third-order valence-electron chi connectivity index (χ3n) is 22.6. The number of unbranched alkanes of at least 4 members (excludes halogenated alkanes) is 33. The van der Waals surface area contributed by atoms with Gasteiger partial charge in [-0.2, -0.15) is 0 Å². The van der Waals surface area contributed by atoms with Crippen molar-refractivity contribution in [2.24, 2.45) is 0 Å². The number of rotatable bonds is 60. The Morgan fingerprint density at radius 2 is 0.861 bits per heavy atom. The maximum absolute atomic E-state index is 13.9. The molecule has 0 aromatic carbocycles. The van der Waals surface area contributed by atoms with E-state index in [9.17, 15) is 106 Å². The van der Waals surface area contributed by atoms with Gasteiger partial charge in [0.1, 0.15) is 116 Å². The summed E-state index contributed by atoms with van der Waals surface area (Å²) in [4.78, 5) is 53.1. The topological polar surface area (TPSA) is 541 Å². The Morgan fingerprint density at radius 3 is 1.34 bits per heavy atom. The number of aliphatic hydroxyl groups is 16. The van der Waals surface area contributed by atoms with E-state index in [4.69, 9.17) is 47.4 Å². The number of aliphatic hydroxyl groups excluding tert-OH is 16. The highest BCUT2D eigenvalue weighted by molar-refractivity contribution is 5.77. The van der Waals surface area contributed by atoms with Crippen molar-refractivity contribution >= 4 is 23.7 Å². The summed E-state index contributed by atoms with van der Waals surface area (Å²) in [6.45, 7) is 0.365. The van der Waals surface area contributed by atoms with Crippen molar-refractivity contribution in [3.8, 4) is 0 Å². The molecule has 0 spiro atoms. The molecule has 34 heteroatoms. The molecule has 5 aliphatic rings. The summed E-state index contributed by atoms with van der Waals surface area (Å²) in [7, 11) is 0. The van der Waals surface area contributed by atoms with E-state index < -0.39 is 235 Å². The maximum atomic E-state index is 13.9. The summed E-state index contributed by atoms with van der Waals surface area (Å²) in [5.41, 5.74) is 0. The molecule has 5 heterocycles. The highest BCUT2D eigenvalue weighted by atomic mass is 16.8. The molecule has 5 rings (SSSR count). The van der Waals surface area contributed by atoms with Gasteiger partial charge in [-0.25, -0.2) is 4.79 Å². The molecule has 0 aliphatic carbocycles. The minimum atomic E-state index is -3.38. The molecule has 5 aliphatic heterocycles. The van der Waals surface area contributed by atoms with Crippen molar-refractivity contribution in [2.45, 2.75) is 436 Å². The molecule has 20 N–H and O–H groups in total. The maximum Gasteiger partial charge on any atom is 0.364 e. The van der Waals surface area contributed by atoms with Crippen molar-refractivity contribution in [3.05, 3.63) is 12.2 Å². The molecule has 672 valence electrons. The van der Waals surface area contributed by atoms with Gasteiger partial charge in [-0.15, -0.1) is 0 Å². The van der Waals surface area contributed by atoms with Gasteiger partial charge in [0.25, 0.3) is 5.79 Å². The highest BCUT2D eigenvalue weighted by Gasteiger charge is 2.62. The number of ether oxygens (including phenoxy) is 10. The second-order valence-corrected chi connectivity index (χ2v) is 32.1. The van der Waals surface area contributed by atoms with Gasteiger partial charge in [0, 0.05) is 26.7 Å². The fourth-order valence-electron chi connectivity index (χ4n) is 15.7. The summed E-state index contributed by atoms with van der Waals surface area (Å²) >= 11 is 0. The van der Waals surface area contributed by atoms with Crippen LogP contribution in [0.15, 0.2) is 12.2 Å². The van der Waals surface area contributed by atoms with E-state index >= 15 is 0 Å². The molecule has 0 aromatic rings. The highest BCUT2D eigenvalue weighted by Crippen LogP contribution is 2.41. The fraction of sp³-hybridized carbons (Fsp3) is 0.926. The molecular formula is C81H147N3O31. The molecule has 0 radical (unpaired) electrons. The van der Waals surface area contributed by atoms with Gasteiger partial charge in [0.15, 0.2) is 25.2 Å². The van der Waals surface area contributed by atoms with E-state index in [0.29, 0.717) is 12.8 Å². The first kappa shape index (κ1) is 102. The second kappa shape index (κ2) is 56.3. The fourth-order valence-corrected chi connectivity index (χ4v) is 15.7. The van der Waals surface area contributed by atoms with Gasteiger partial charge in [-0.05, 0) is 19.3 Å². The van der Waals surface area contributed by atoms with Gasteiger partial charge in [-0.1, -0.05) is 231 Å². The predicted molar refractivity (Wildman–Crippen MR) is 415 cm³/mol. The summed E-state index contributed by atoms with van der Waals surface area (Å²) in [6.07, 6.45) is -5.59. The quantitative estimate of drug-likeness (QED) is 0.0306. The molecule has 0 bridgehead atoms. The van der Waals surface area contributed by atoms with Crippen molar-refractivity contribution in [3.63, 3.8) is 0 Å². The van der Waals surface area contributed by atoms with Crippen molar-refractivity contribution in [2.75, 3.05) is 39.6 Å². The average molecular weight is 1660 g/mol. The van der Waals surface area contributed by atoms with Crippen LogP contribution in [0.3, 0.4) is 0 Å².